The van der Waals surface area contributed by atoms with E-state index in [1.807, 2.05) is 4.90 Å². The van der Waals surface area contributed by atoms with Gasteiger partial charge in [-0.25, -0.2) is 13.4 Å². The Morgan fingerprint density at radius 2 is 1.73 bits per heavy atom. The van der Waals surface area contributed by atoms with Crippen molar-refractivity contribution in [2.24, 2.45) is 5.41 Å². The third-order valence-electron chi connectivity index (χ3n) is 8.41. The predicted molar refractivity (Wildman–Crippen MR) is 154 cm³/mol. The van der Waals surface area contributed by atoms with Crippen LogP contribution in [-0.4, -0.2) is 67.4 Å². The van der Waals surface area contributed by atoms with Gasteiger partial charge in [-0.1, -0.05) is 0 Å². The molecule has 1 atom stereocenters. The standard InChI is InChI=1S/C28H36F2N6O4S/c1-18-15-24(33-27(31-18)36-11-5-20(6-12-36)25(29)30)32-26(38)22-4-3-21(34-41(39,40)19(2)17-37)16-23(22)35-13-9-28(7-8-28)10-14-35/h3-4,15-16,19,34,37H,5-14,17H2,1-2H3,(H,31,32,33,38)/t19-/m0/s1. The summed E-state index contributed by atoms with van der Waals surface area (Å²) in [5, 5.41) is 11.2. The number of piperidine rings is 2. The van der Waals surface area contributed by atoms with E-state index in [0.717, 1.165) is 25.9 Å². The first-order valence-electron chi connectivity index (χ1n) is 14.0. The molecule has 1 aliphatic carbocycles. The fourth-order valence-corrected chi connectivity index (χ4v) is 6.27. The fourth-order valence-electron chi connectivity index (χ4n) is 5.42. The number of aliphatic hydroxyl groups is 1. The predicted octanol–water partition coefficient (Wildman–Crippen LogP) is 4.29. The molecule has 5 rings (SSSR count). The number of hydrogen-bond acceptors (Lipinski definition) is 8. The van der Waals surface area contributed by atoms with E-state index in [1.54, 1.807) is 25.1 Å². The molecule has 1 aromatic heterocycles. The SMILES string of the molecule is Cc1cc(NC(=O)c2ccc(NS(=O)(=O)[C@@H](C)CO)cc2N2CCC3(CC2)CC3)nc(N2CCC(=C(F)F)CC2)n1. The number of aliphatic hydroxyl groups excluding tert-OH is 1. The highest BCUT2D eigenvalue weighted by Crippen LogP contribution is 2.54. The molecule has 3 fully saturated rings. The van der Waals surface area contributed by atoms with Crippen molar-refractivity contribution in [1.29, 1.82) is 0 Å². The summed E-state index contributed by atoms with van der Waals surface area (Å²) in [6.45, 7) is 4.91. The minimum atomic E-state index is -3.81. The van der Waals surface area contributed by atoms with Crippen LogP contribution < -0.4 is 19.8 Å². The van der Waals surface area contributed by atoms with Crippen LogP contribution >= 0.6 is 0 Å². The number of carbonyl (C=O) groups is 1. The molecule has 1 spiro atoms. The maximum Gasteiger partial charge on any atom is 0.269 e. The van der Waals surface area contributed by atoms with Crippen LogP contribution in [0, 0.1) is 12.3 Å². The maximum atomic E-state index is 13.6. The number of amides is 1. The highest BCUT2D eigenvalue weighted by atomic mass is 32.2. The Labute approximate surface area is 238 Å². The molecule has 3 heterocycles. The molecule has 3 aliphatic rings. The van der Waals surface area contributed by atoms with Gasteiger partial charge in [-0.2, -0.15) is 13.8 Å². The molecule has 2 saturated heterocycles. The zero-order valence-corrected chi connectivity index (χ0v) is 24.1. The van der Waals surface area contributed by atoms with Crippen molar-refractivity contribution in [1.82, 2.24) is 9.97 Å². The molecule has 10 nitrogen and oxygen atoms in total. The summed E-state index contributed by atoms with van der Waals surface area (Å²) in [7, 11) is -3.81. The third-order valence-corrected chi connectivity index (χ3v) is 10.1. The van der Waals surface area contributed by atoms with Crippen LogP contribution in [0.4, 0.5) is 31.9 Å². The minimum absolute atomic E-state index is 0.150. The van der Waals surface area contributed by atoms with Crippen LogP contribution in [0.3, 0.4) is 0 Å². The smallest absolute Gasteiger partial charge is 0.269 e. The summed E-state index contributed by atoms with van der Waals surface area (Å²) in [4.78, 5) is 26.5. The summed E-state index contributed by atoms with van der Waals surface area (Å²) in [6.07, 6.45) is 3.31. The van der Waals surface area contributed by atoms with E-state index < -0.39 is 33.9 Å². The summed E-state index contributed by atoms with van der Waals surface area (Å²) in [5.74, 6) is 0.253. The molecule has 1 amide bonds. The maximum absolute atomic E-state index is 13.6. The molecular weight excluding hydrogens is 554 g/mol. The quantitative estimate of drug-likeness (QED) is 0.416. The molecule has 1 aromatic carbocycles. The van der Waals surface area contributed by atoms with Crippen molar-refractivity contribution in [3.8, 4) is 0 Å². The van der Waals surface area contributed by atoms with Gasteiger partial charge in [0.25, 0.3) is 12.0 Å². The van der Waals surface area contributed by atoms with Gasteiger partial charge in [-0.05, 0) is 81.6 Å². The summed E-state index contributed by atoms with van der Waals surface area (Å²) in [6, 6.07) is 6.44. The van der Waals surface area contributed by atoms with Gasteiger partial charge in [0.1, 0.15) is 11.1 Å². The zero-order valence-electron chi connectivity index (χ0n) is 23.3. The minimum Gasteiger partial charge on any atom is -0.395 e. The number of sulfonamides is 1. The first-order valence-corrected chi connectivity index (χ1v) is 15.5. The summed E-state index contributed by atoms with van der Waals surface area (Å²) in [5.41, 5.74) is 2.48. The number of rotatable bonds is 8. The number of halogens is 2. The monoisotopic (exact) mass is 590 g/mol. The van der Waals surface area contributed by atoms with Crippen LogP contribution in [-0.2, 0) is 10.0 Å². The first kappa shape index (κ1) is 29.2. The number of aromatic nitrogens is 2. The Balaban J connectivity index is 1.39. The number of nitrogens with one attached hydrogen (secondary N) is 2. The molecule has 0 bridgehead atoms. The van der Waals surface area contributed by atoms with Gasteiger partial charge < -0.3 is 20.2 Å². The highest BCUT2D eigenvalue weighted by molar-refractivity contribution is 7.93. The lowest BCUT2D eigenvalue weighted by Crippen LogP contribution is -2.36. The second-order valence-corrected chi connectivity index (χ2v) is 13.5. The van der Waals surface area contributed by atoms with Gasteiger partial charge in [-0.3, -0.25) is 9.52 Å². The second-order valence-electron chi connectivity index (χ2n) is 11.4. The average Bonchev–Trinajstić information content (AvgIpc) is 3.70. The number of carbonyl (C=O) groups excluding carboxylic acids is 1. The van der Waals surface area contributed by atoms with Gasteiger partial charge in [0, 0.05) is 37.9 Å². The molecular formula is C28H36F2N6O4S. The molecule has 3 N–H and O–H groups in total. The van der Waals surface area contributed by atoms with Crippen LogP contribution in [0.5, 0.6) is 0 Å². The average molecular weight is 591 g/mol. The van der Waals surface area contributed by atoms with Crippen molar-refractivity contribution in [3.63, 3.8) is 0 Å². The van der Waals surface area contributed by atoms with E-state index in [4.69, 9.17) is 0 Å². The van der Waals surface area contributed by atoms with Crippen LogP contribution in [0.1, 0.15) is 61.5 Å². The van der Waals surface area contributed by atoms with Gasteiger partial charge in [-0.15, -0.1) is 0 Å². The lowest BCUT2D eigenvalue weighted by molar-refractivity contribution is 0.102. The van der Waals surface area contributed by atoms with Gasteiger partial charge in [0.15, 0.2) is 0 Å². The fraction of sp³-hybridized carbons (Fsp3) is 0.536. The topological polar surface area (TPSA) is 128 Å². The second kappa shape index (κ2) is 11.5. The van der Waals surface area contributed by atoms with E-state index in [-0.39, 0.29) is 18.4 Å². The number of hydrogen-bond donors (Lipinski definition) is 3. The van der Waals surface area contributed by atoms with Crippen molar-refractivity contribution < 1.29 is 27.1 Å². The van der Waals surface area contributed by atoms with E-state index in [2.05, 4.69) is 24.9 Å². The van der Waals surface area contributed by atoms with Crippen molar-refractivity contribution in [2.75, 3.05) is 52.6 Å². The molecule has 41 heavy (non-hydrogen) atoms. The molecule has 1 saturated carbocycles. The van der Waals surface area contributed by atoms with Gasteiger partial charge in [0.2, 0.25) is 16.0 Å². The number of aryl methyl sites for hydroxylation is 1. The van der Waals surface area contributed by atoms with Crippen molar-refractivity contribution in [3.05, 3.63) is 47.2 Å². The Morgan fingerprint density at radius 1 is 1.05 bits per heavy atom. The van der Waals surface area contributed by atoms with Crippen LogP contribution in [0.2, 0.25) is 0 Å². The molecule has 2 aliphatic heterocycles. The normalized spacial score (nSPS) is 19.2. The van der Waals surface area contributed by atoms with Crippen molar-refractivity contribution in [2.45, 2.75) is 57.6 Å². The number of nitrogens with zero attached hydrogens (tertiary/aromatic N) is 4. The lowest BCUT2D eigenvalue weighted by atomic mass is 9.93. The highest BCUT2D eigenvalue weighted by Gasteiger charge is 2.44. The summed E-state index contributed by atoms with van der Waals surface area (Å²) < 4.78 is 53.7. The summed E-state index contributed by atoms with van der Waals surface area (Å²) >= 11 is 0. The van der Waals surface area contributed by atoms with Gasteiger partial charge >= 0.3 is 0 Å². The molecule has 222 valence electrons. The van der Waals surface area contributed by atoms with Crippen molar-refractivity contribution >= 4 is 39.1 Å². The first-order chi connectivity index (χ1) is 19.5. The van der Waals surface area contributed by atoms with E-state index in [0.29, 0.717) is 52.9 Å². The van der Waals surface area contributed by atoms with E-state index >= 15 is 0 Å². The number of anilines is 4. The Kier molecular flexibility index (Phi) is 8.20. The van der Waals surface area contributed by atoms with Crippen LogP contribution in [0.15, 0.2) is 35.9 Å². The Bertz CT molecular complexity index is 1440. The zero-order chi connectivity index (χ0) is 29.4. The molecule has 2 aromatic rings. The largest absolute Gasteiger partial charge is 0.395 e. The molecule has 13 heteroatoms. The molecule has 0 radical (unpaired) electrons. The lowest BCUT2D eigenvalue weighted by Gasteiger charge is -2.35. The van der Waals surface area contributed by atoms with E-state index in [1.165, 1.54) is 25.8 Å². The number of benzene rings is 1. The third kappa shape index (κ3) is 6.61. The van der Waals surface area contributed by atoms with Gasteiger partial charge in [0.05, 0.1) is 23.5 Å². The van der Waals surface area contributed by atoms with E-state index in [9.17, 15) is 27.1 Å². The Morgan fingerprint density at radius 3 is 2.34 bits per heavy atom. The molecule has 0 unspecified atom stereocenters. The van der Waals surface area contributed by atoms with Crippen LogP contribution in [0.25, 0.3) is 0 Å². The Hall–Kier alpha value is -3.32.